The van der Waals surface area contributed by atoms with E-state index in [1.807, 2.05) is 30.7 Å². The number of aromatic nitrogens is 6. The van der Waals surface area contributed by atoms with Crippen LogP contribution >= 0.6 is 11.8 Å². The van der Waals surface area contributed by atoms with Gasteiger partial charge < -0.3 is 9.47 Å². The number of ketones is 1. The first kappa shape index (κ1) is 24.7. The maximum Gasteiger partial charge on any atom is 0.192 e. The average Bonchev–Trinajstić information content (AvgIpc) is 3.47. The van der Waals surface area contributed by atoms with Crippen LogP contribution in [0.2, 0.25) is 0 Å². The highest BCUT2D eigenvalue weighted by Gasteiger charge is 2.18. The van der Waals surface area contributed by atoms with Crippen molar-refractivity contribution in [3.63, 3.8) is 0 Å². The van der Waals surface area contributed by atoms with E-state index in [0.717, 1.165) is 16.8 Å². The molecule has 0 radical (unpaired) electrons. The Balaban J connectivity index is 1.52. The molecule has 11 heteroatoms. The number of Topliss-reactive ketones (excluding diaryl/α,β-unsaturated/α-hetero) is 1. The van der Waals surface area contributed by atoms with Gasteiger partial charge in [0.05, 0.1) is 31.2 Å². The summed E-state index contributed by atoms with van der Waals surface area (Å²) in [7, 11) is 3.14. The van der Waals surface area contributed by atoms with Crippen LogP contribution in [-0.2, 0) is 13.0 Å². The van der Waals surface area contributed by atoms with E-state index in [0.29, 0.717) is 52.2 Å². The molecule has 0 saturated heterocycles. The van der Waals surface area contributed by atoms with Gasteiger partial charge in [0.1, 0.15) is 5.82 Å². The molecule has 0 N–H and O–H groups in total. The van der Waals surface area contributed by atoms with E-state index in [1.54, 1.807) is 24.8 Å². The Kier molecular flexibility index (Phi) is 6.79. The summed E-state index contributed by atoms with van der Waals surface area (Å²) in [6.45, 7) is 4.61. The molecular weight excluding hydrogens is 495 g/mol. The number of nitrogens with zero attached hydrogens (tertiary/aromatic N) is 6. The maximum absolute atomic E-state index is 13.3. The smallest absolute Gasteiger partial charge is 0.192 e. The lowest BCUT2D eigenvalue weighted by Crippen LogP contribution is -2.07. The van der Waals surface area contributed by atoms with Crippen molar-refractivity contribution in [2.24, 2.45) is 0 Å². The number of carbonyl (C=O) groups is 1. The lowest BCUT2D eigenvalue weighted by atomic mass is 10.1. The topological polar surface area (TPSA) is 96.4 Å². The largest absolute Gasteiger partial charge is 0.493 e. The molecule has 0 aliphatic rings. The van der Waals surface area contributed by atoms with E-state index < -0.39 is 0 Å². The second kappa shape index (κ2) is 10.2. The number of carbonyl (C=O) groups excluding carboxylic acids is 1. The van der Waals surface area contributed by atoms with E-state index in [4.69, 9.17) is 24.5 Å². The number of hydrogen-bond donors (Lipinski definition) is 0. The summed E-state index contributed by atoms with van der Waals surface area (Å²) in [5, 5.41) is 10.5. The summed E-state index contributed by atoms with van der Waals surface area (Å²) >= 11 is 1.25. The van der Waals surface area contributed by atoms with Crippen molar-refractivity contribution in [2.75, 3.05) is 20.0 Å². The third-order valence-corrected chi connectivity index (χ3v) is 6.87. The lowest BCUT2D eigenvalue weighted by molar-refractivity contribution is 0.102. The monoisotopic (exact) mass is 520 g/mol. The summed E-state index contributed by atoms with van der Waals surface area (Å²) in [6.07, 6.45) is 0.567. The zero-order valence-electron chi connectivity index (χ0n) is 20.9. The number of methoxy groups -OCH3 is 2. The lowest BCUT2D eigenvalue weighted by Gasteiger charge is -2.11. The van der Waals surface area contributed by atoms with Gasteiger partial charge in [-0.3, -0.25) is 9.48 Å². The van der Waals surface area contributed by atoms with Crippen molar-refractivity contribution in [3.8, 4) is 11.5 Å². The van der Waals surface area contributed by atoms with E-state index in [2.05, 4.69) is 5.10 Å². The molecule has 0 atom stereocenters. The van der Waals surface area contributed by atoms with Crippen molar-refractivity contribution < 1.29 is 18.7 Å². The predicted octanol–water partition coefficient (Wildman–Crippen LogP) is 4.46. The molecule has 3 heterocycles. The summed E-state index contributed by atoms with van der Waals surface area (Å²) < 4.78 is 27.8. The number of hydrogen-bond acceptors (Lipinski definition) is 8. The van der Waals surface area contributed by atoms with E-state index in [9.17, 15) is 9.18 Å². The normalized spacial score (nSPS) is 11.4. The first-order valence-corrected chi connectivity index (χ1v) is 12.6. The molecule has 5 aromatic rings. The molecule has 0 aliphatic heterocycles. The van der Waals surface area contributed by atoms with Crippen molar-refractivity contribution in [2.45, 2.75) is 32.0 Å². The van der Waals surface area contributed by atoms with Gasteiger partial charge in [-0.2, -0.15) is 9.61 Å². The van der Waals surface area contributed by atoms with Crippen LogP contribution in [0.5, 0.6) is 11.5 Å². The van der Waals surface area contributed by atoms with E-state index in [-0.39, 0.29) is 17.4 Å². The molecule has 0 unspecified atom stereocenters. The van der Waals surface area contributed by atoms with E-state index >= 15 is 0 Å². The molecule has 0 spiro atoms. The summed E-state index contributed by atoms with van der Waals surface area (Å²) in [5.41, 5.74) is 3.70. The molecule has 3 aromatic heterocycles. The van der Waals surface area contributed by atoms with Gasteiger partial charge in [0, 0.05) is 35.7 Å². The molecular formula is C26H25FN6O3S. The van der Waals surface area contributed by atoms with Crippen molar-refractivity contribution >= 4 is 34.1 Å². The van der Waals surface area contributed by atoms with Crippen LogP contribution in [-0.4, -0.2) is 55.1 Å². The molecule has 9 nitrogen and oxygen atoms in total. The molecule has 2 aromatic carbocycles. The van der Waals surface area contributed by atoms with Gasteiger partial charge in [0.2, 0.25) is 0 Å². The molecule has 0 amide bonds. The van der Waals surface area contributed by atoms with Crippen LogP contribution in [0.4, 0.5) is 4.39 Å². The highest BCUT2D eigenvalue weighted by Crippen LogP contribution is 2.34. The first-order chi connectivity index (χ1) is 17.9. The summed E-state index contributed by atoms with van der Waals surface area (Å²) in [4.78, 5) is 22.3. The van der Waals surface area contributed by atoms with Crippen molar-refractivity contribution in [1.82, 2.24) is 29.4 Å². The number of fused-ring (bicyclic) bond motifs is 3. The van der Waals surface area contributed by atoms with Gasteiger partial charge in [0.15, 0.2) is 33.9 Å². The Labute approximate surface area is 216 Å². The predicted molar refractivity (Wildman–Crippen MR) is 138 cm³/mol. The number of aryl methyl sites for hydroxylation is 4. The van der Waals surface area contributed by atoms with Crippen LogP contribution in [0.25, 0.3) is 16.6 Å². The Bertz CT molecular complexity index is 1610. The minimum absolute atomic E-state index is 0.105. The van der Waals surface area contributed by atoms with Gasteiger partial charge in [-0.1, -0.05) is 11.8 Å². The quantitative estimate of drug-likeness (QED) is 0.160. The molecule has 0 bridgehead atoms. The van der Waals surface area contributed by atoms with Gasteiger partial charge in [0.25, 0.3) is 0 Å². The van der Waals surface area contributed by atoms with Gasteiger partial charge in [-0.25, -0.2) is 14.4 Å². The molecule has 0 saturated carbocycles. The highest BCUT2D eigenvalue weighted by molar-refractivity contribution is 7.99. The third kappa shape index (κ3) is 4.99. The zero-order valence-corrected chi connectivity index (χ0v) is 21.7. The second-order valence-corrected chi connectivity index (χ2v) is 9.44. The van der Waals surface area contributed by atoms with Crippen LogP contribution in [0.3, 0.4) is 0 Å². The van der Waals surface area contributed by atoms with Gasteiger partial charge in [-0.15, -0.1) is 5.10 Å². The molecule has 0 fully saturated rings. The SMILES string of the molecule is COc1cc2nc(SCC(=O)c3ccc(F)cc3)n3nc(CCn4nc(C)cc4C)nc3c2cc1OC. The molecule has 190 valence electrons. The standard InChI is InChI=1S/C26H25FN6O3S/c1-15-11-16(2)32(30-15)10-9-24-29-25-19-12-22(35-3)23(36-4)13-20(19)28-26(33(25)31-24)37-14-21(34)17-5-7-18(27)8-6-17/h5-8,11-13H,9-10,14H2,1-4H3. The summed E-state index contributed by atoms with van der Waals surface area (Å²) in [5.74, 6) is 1.29. The fourth-order valence-corrected chi connectivity index (χ4v) is 4.95. The van der Waals surface area contributed by atoms with Crippen molar-refractivity contribution in [1.29, 1.82) is 0 Å². The van der Waals surface area contributed by atoms with Gasteiger partial charge >= 0.3 is 0 Å². The fraction of sp³-hybridized carbons (Fsp3) is 0.269. The number of rotatable bonds is 9. The van der Waals surface area contributed by atoms with Crippen LogP contribution in [0, 0.1) is 19.7 Å². The Morgan fingerprint density at radius 3 is 2.41 bits per heavy atom. The average molecular weight is 521 g/mol. The minimum Gasteiger partial charge on any atom is -0.493 e. The first-order valence-electron chi connectivity index (χ1n) is 11.6. The highest BCUT2D eigenvalue weighted by atomic mass is 32.2. The Hall–Kier alpha value is -3.99. The number of halogens is 1. The zero-order chi connectivity index (χ0) is 26.1. The van der Waals surface area contributed by atoms with Crippen LogP contribution in [0.1, 0.15) is 27.6 Å². The Morgan fingerprint density at radius 1 is 1.00 bits per heavy atom. The second-order valence-electron chi connectivity index (χ2n) is 8.50. The third-order valence-electron chi connectivity index (χ3n) is 5.94. The van der Waals surface area contributed by atoms with Crippen LogP contribution in [0.15, 0.2) is 47.6 Å². The Morgan fingerprint density at radius 2 is 1.73 bits per heavy atom. The minimum atomic E-state index is -0.387. The summed E-state index contributed by atoms with van der Waals surface area (Å²) in [6, 6.07) is 11.1. The van der Waals surface area contributed by atoms with Crippen molar-refractivity contribution in [3.05, 3.63) is 71.1 Å². The number of benzene rings is 2. The molecule has 0 aliphatic carbocycles. The maximum atomic E-state index is 13.3. The fourth-order valence-electron chi connectivity index (χ4n) is 4.11. The number of ether oxygens (including phenoxy) is 2. The number of thioether (sulfide) groups is 1. The van der Waals surface area contributed by atoms with E-state index in [1.165, 1.54) is 36.0 Å². The van der Waals surface area contributed by atoms with Crippen LogP contribution < -0.4 is 9.47 Å². The molecule has 37 heavy (non-hydrogen) atoms. The molecule has 5 rings (SSSR count). The van der Waals surface area contributed by atoms with Gasteiger partial charge in [-0.05, 0) is 50.2 Å².